The summed E-state index contributed by atoms with van der Waals surface area (Å²) in [7, 11) is 4.57. The van der Waals surface area contributed by atoms with Crippen molar-refractivity contribution >= 4 is 11.9 Å². The molecule has 1 atom stereocenters. The number of carbonyl (C=O) groups excluding carboxylic acids is 2. The number of methoxy groups -OCH3 is 3. The third-order valence-electron chi connectivity index (χ3n) is 6.30. The highest BCUT2D eigenvalue weighted by Gasteiger charge is 2.35. The van der Waals surface area contributed by atoms with E-state index in [0.29, 0.717) is 29.4 Å². The quantitative estimate of drug-likeness (QED) is 0.521. The van der Waals surface area contributed by atoms with Crippen molar-refractivity contribution in [2.24, 2.45) is 5.92 Å². The molecule has 0 fully saturated rings. The van der Waals surface area contributed by atoms with Crippen LogP contribution >= 0.6 is 0 Å². The van der Waals surface area contributed by atoms with E-state index in [1.165, 1.54) is 7.11 Å². The summed E-state index contributed by atoms with van der Waals surface area (Å²) in [6.07, 6.45) is 2.34. The van der Waals surface area contributed by atoms with Crippen molar-refractivity contribution in [3.63, 3.8) is 0 Å². The van der Waals surface area contributed by atoms with Crippen LogP contribution in [0.4, 0.5) is 0 Å². The van der Waals surface area contributed by atoms with Crippen LogP contribution < -0.4 is 14.2 Å². The summed E-state index contributed by atoms with van der Waals surface area (Å²) in [4.78, 5) is 27.0. The Morgan fingerprint density at radius 2 is 1.64 bits per heavy atom. The molecule has 0 unspecified atom stereocenters. The van der Waals surface area contributed by atoms with Gasteiger partial charge < -0.3 is 23.8 Å². The monoisotopic (exact) mass is 455 g/mol. The van der Waals surface area contributed by atoms with Crippen molar-refractivity contribution in [1.29, 1.82) is 0 Å². The van der Waals surface area contributed by atoms with Crippen LogP contribution in [-0.2, 0) is 16.0 Å². The summed E-state index contributed by atoms with van der Waals surface area (Å²) in [5.74, 6) is 1.65. The van der Waals surface area contributed by atoms with Crippen molar-refractivity contribution in [1.82, 2.24) is 4.90 Å². The highest BCUT2D eigenvalue weighted by Crippen LogP contribution is 2.39. The van der Waals surface area contributed by atoms with E-state index in [9.17, 15) is 9.59 Å². The van der Waals surface area contributed by atoms with Crippen LogP contribution in [0.2, 0.25) is 0 Å². The van der Waals surface area contributed by atoms with E-state index >= 15 is 0 Å². The van der Waals surface area contributed by atoms with Crippen LogP contribution in [0.1, 0.15) is 54.2 Å². The van der Waals surface area contributed by atoms with Gasteiger partial charge in [-0.1, -0.05) is 13.8 Å². The maximum atomic E-state index is 13.4. The summed E-state index contributed by atoms with van der Waals surface area (Å²) in [5, 5.41) is 0. The average Bonchev–Trinajstić information content (AvgIpc) is 2.86. The van der Waals surface area contributed by atoms with Gasteiger partial charge in [-0.15, -0.1) is 0 Å². The summed E-state index contributed by atoms with van der Waals surface area (Å²) < 4.78 is 21.9. The van der Waals surface area contributed by atoms with Gasteiger partial charge in [-0.3, -0.25) is 4.79 Å². The van der Waals surface area contributed by atoms with Gasteiger partial charge in [0.15, 0.2) is 11.5 Å². The molecule has 1 aliphatic rings. The molecule has 0 aliphatic carbocycles. The van der Waals surface area contributed by atoms with E-state index in [1.807, 2.05) is 30.9 Å². The maximum absolute atomic E-state index is 13.4. The Morgan fingerprint density at radius 3 is 2.21 bits per heavy atom. The molecule has 7 heteroatoms. The number of rotatable bonds is 9. The number of esters is 1. The predicted molar refractivity (Wildman–Crippen MR) is 125 cm³/mol. The van der Waals surface area contributed by atoms with E-state index in [0.717, 1.165) is 30.4 Å². The average molecular weight is 456 g/mol. The van der Waals surface area contributed by atoms with Gasteiger partial charge in [0.2, 0.25) is 5.91 Å². The summed E-state index contributed by atoms with van der Waals surface area (Å²) >= 11 is 0. The van der Waals surface area contributed by atoms with Crippen LogP contribution in [0.15, 0.2) is 36.4 Å². The molecule has 0 aromatic heterocycles. The number of amides is 1. The molecule has 0 radical (unpaired) electrons. The van der Waals surface area contributed by atoms with Crippen molar-refractivity contribution in [3.05, 3.63) is 53.1 Å². The molecular weight excluding hydrogens is 422 g/mol. The second kappa shape index (κ2) is 11.1. The van der Waals surface area contributed by atoms with Gasteiger partial charge in [0.25, 0.3) is 0 Å². The molecule has 0 saturated heterocycles. The molecule has 2 aromatic carbocycles. The molecule has 7 nitrogen and oxygen atoms in total. The van der Waals surface area contributed by atoms with Crippen LogP contribution in [0.25, 0.3) is 0 Å². The Kier molecular flexibility index (Phi) is 8.20. The van der Waals surface area contributed by atoms with Gasteiger partial charge in [0, 0.05) is 12.5 Å². The fourth-order valence-corrected chi connectivity index (χ4v) is 4.32. The molecule has 2 aromatic rings. The van der Waals surface area contributed by atoms with E-state index in [-0.39, 0.29) is 24.5 Å². The van der Waals surface area contributed by atoms with E-state index in [4.69, 9.17) is 18.9 Å². The van der Waals surface area contributed by atoms with E-state index in [1.54, 1.807) is 38.5 Å². The second-order valence-electron chi connectivity index (χ2n) is 8.04. The molecule has 1 heterocycles. The van der Waals surface area contributed by atoms with E-state index < -0.39 is 5.97 Å². The summed E-state index contributed by atoms with van der Waals surface area (Å²) in [5.41, 5.74) is 2.58. The summed E-state index contributed by atoms with van der Waals surface area (Å²) in [6.45, 7) is 5.00. The Morgan fingerprint density at radius 1 is 1.00 bits per heavy atom. The Hall–Kier alpha value is -3.22. The third kappa shape index (κ3) is 5.24. The van der Waals surface area contributed by atoms with Crippen LogP contribution in [-0.4, -0.2) is 51.3 Å². The smallest absolute Gasteiger partial charge is 0.337 e. The first-order valence-electron chi connectivity index (χ1n) is 11.3. The highest BCUT2D eigenvalue weighted by molar-refractivity contribution is 5.89. The number of benzene rings is 2. The zero-order chi connectivity index (χ0) is 24.0. The highest BCUT2D eigenvalue weighted by atomic mass is 16.5. The standard InChI is InChI=1S/C26H33NO6/c1-6-17(7-2)25(28)27-13-12-19-14-23(30-3)24(31-4)15-21(19)22(27)16-33-20-10-8-18(9-11-20)26(29)32-5/h8-11,14-15,17,22H,6-7,12-13,16H2,1-5H3/t22-/m1/s1. The fraction of sp³-hybridized carbons (Fsp3) is 0.462. The lowest BCUT2D eigenvalue weighted by Crippen LogP contribution is -2.45. The third-order valence-corrected chi connectivity index (χ3v) is 6.30. The number of ether oxygens (including phenoxy) is 4. The van der Waals surface area contributed by atoms with Crippen molar-refractivity contribution in [2.75, 3.05) is 34.5 Å². The molecule has 0 saturated carbocycles. The van der Waals surface area contributed by atoms with Gasteiger partial charge in [-0.25, -0.2) is 4.79 Å². The Bertz CT molecular complexity index is 967. The first-order chi connectivity index (χ1) is 16.0. The van der Waals surface area contributed by atoms with Gasteiger partial charge >= 0.3 is 5.97 Å². The van der Waals surface area contributed by atoms with Gasteiger partial charge in [0.1, 0.15) is 12.4 Å². The minimum Gasteiger partial charge on any atom is -0.493 e. The van der Waals surface area contributed by atoms with E-state index in [2.05, 4.69) is 0 Å². The van der Waals surface area contributed by atoms with Gasteiger partial charge in [0.05, 0.1) is 32.9 Å². The normalized spacial score (nSPS) is 15.1. The Labute approximate surface area is 195 Å². The Balaban J connectivity index is 1.92. The number of hydrogen-bond acceptors (Lipinski definition) is 6. The van der Waals surface area contributed by atoms with Crippen LogP contribution in [0.5, 0.6) is 17.2 Å². The zero-order valence-electron chi connectivity index (χ0n) is 20.1. The molecule has 1 amide bonds. The summed E-state index contributed by atoms with van der Waals surface area (Å²) in [6, 6.07) is 10.5. The molecule has 178 valence electrons. The van der Waals surface area contributed by atoms with Crippen molar-refractivity contribution < 1.29 is 28.5 Å². The first kappa shape index (κ1) is 24.4. The topological polar surface area (TPSA) is 74.3 Å². The minimum atomic E-state index is -0.397. The fourth-order valence-electron chi connectivity index (χ4n) is 4.32. The minimum absolute atomic E-state index is 0.0199. The maximum Gasteiger partial charge on any atom is 0.337 e. The molecular formula is C26H33NO6. The molecule has 3 rings (SSSR count). The molecule has 0 bridgehead atoms. The second-order valence-corrected chi connectivity index (χ2v) is 8.04. The SMILES string of the molecule is CCC(CC)C(=O)N1CCc2cc(OC)c(OC)cc2[C@H]1COc1ccc(C(=O)OC)cc1. The van der Waals surface area contributed by atoms with Crippen molar-refractivity contribution in [2.45, 2.75) is 39.2 Å². The number of hydrogen-bond donors (Lipinski definition) is 0. The lowest BCUT2D eigenvalue weighted by Gasteiger charge is -2.39. The first-order valence-corrected chi connectivity index (χ1v) is 11.3. The molecule has 33 heavy (non-hydrogen) atoms. The molecule has 0 spiro atoms. The lowest BCUT2D eigenvalue weighted by atomic mass is 9.90. The number of carbonyl (C=O) groups is 2. The largest absolute Gasteiger partial charge is 0.493 e. The molecule has 0 N–H and O–H groups in total. The predicted octanol–water partition coefficient (Wildman–Crippen LogP) is 4.43. The van der Waals surface area contributed by atoms with Crippen LogP contribution in [0, 0.1) is 5.92 Å². The van der Waals surface area contributed by atoms with Crippen LogP contribution in [0.3, 0.4) is 0 Å². The molecule has 1 aliphatic heterocycles. The number of fused-ring (bicyclic) bond motifs is 1. The number of nitrogens with zero attached hydrogens (tertiary/aromatic N) is 1. The zero-order valence-corrected chi connectivity index (χ0v) is 20.1. The lowest BCUT2D eigenvalue weighted by molar-refractivity contribution is -0.139. The van der Waals surface area contributed by atoms with Crippen molar-refractivity contribution in [3.8, 4) is 17.2 Å². The van der Waals surface area contributed by atoms with Gasteiger partial charge in [-0.05, 0) is 66.8 Å². The van der Waals surface area contributed by atoms with Gasteiger partial charge in [-0.2, -0.15) is 0 Å².